The Morgan fingerprint density at radius 3 is 2.78 bits per heavy atom. The lowest BCUT2D eigenvalue weighted by Crippen LogP contribution is -2.55. The van der Waals surface area contributed by atoms with Crippen LogP contribution in [0.3, 0.4) is 0 Å². The third-order valence-corrected chi connectivity index (χ3v) is 6.57. The summed E-state index contributed by atoms with van der Waals surface area (Å²) in [6.45, 7) is 1.92. The number of rotatable bonds is 5. The Hall–Kier alpha value is -2.76. The summed E-state index contributed by atoms with van der Waals surface area (Å²) in [6.07, 6.45) is 1.86. The van der Waals surface area contributed by atoms with Gasteiger partial charge in [-0.1, -0.05) is 18.2 Å². The minimum absolute atomic E-state index is 0.0697. The molecule has 2 aliphatic rings. The summed E-state index contributed by atoms with van der Waals surface area (Å²) in [5.74, 6) is -0.746. The molecule has 8 heteroatoms. The maximum Gasteiger partial charge on any atom is 0.321 e. The molecule has 0 bridgehead atoms. The number of carboxylic acid groups (broad SMARTS) is 1. The van der Waals surface area contributed by atoms with E-state index in [0.717, 1.165) is 5.69 Å². The van der Waals surface area contributed by atoms with Gasteiger partial charge in [-0.3, -0.25) is 10.2 Å². The van der Waals surface area contributed by atoms with Gasteiger partial charge < -0.3 is 20.8 Å². The molecule has 3 rings (SSSR count). The Morgan fingerprint density at radius 2 is 2.19 bits per heavy atom. The zero-order chi connectivity index (χ0) is 19.8. The van der Waals surface area contributed by atoms with Crippen LogP contribution in [0.4, 0.5) is 5.69 Å². The van der Waals surface area contributed by atoms with Gasteiger partial charge in [0.25, 0.3) is 0 Å². The molecule has 0 saturated carbocycles. The first-order valence-corrected chi connectivity index (χ1v) is 9.44. The minimum atomic E-state index is -1.09. The second-order valence-electron chi connectivity index (χ2n) is 6.67. The Bertz CT molecular complexity index is 890. The van der Waals surface area contributed by atoms with Crippen LogP contribution < -0.4 is 10.6 Å². The third kappa shape index (κ3) is 3.09. The number of thioether (sulfide) groups is 1. The van der Waals surface area contributed by atoms with Crippen molar-refractivity contribution in [3.05, 3.63) is 53.3 Å². The largest absolute Gasteiger partial charge is 0.512 e. The van der Waals surface area contributed by atoms with Crippen molar-refractivity contribution < 1.29 is 15.0 Å². The molecule has 0 unspecified atom stereocenters. The van der Waals surface area contributed by atoms with Crippen LogP contribution in [0.2, 0.25) is 0 Å². The van der Waals surface area contributed by atoms with E-state index in [1.165, 1.54) is 11.8 Å². The highest BCUT2D eigenvalue weighted by atomic mass is 32.2. The highest BCUT2D eigenvalue weighted by molar-refractivity contribution is 8.00. The Morgan fingerprint density at radius 1 is 1.52 bits per heavy atom. The molecule has 0 fully saturated rings. The van der Waals surface area contributed by atoms with E-state index in [-0.39, 0.29) is 28.2 Å². The lowest BCUT2D eigenvalue weighted by Gasteiger charge is -2.45. The maximum absolute atomic E-state index is 11.1. The van der Waals surface area contributed by atoms with Crippen LogP contribution in [-0.2, 0) is 4.79 Å². The maximum atomic E-state index is 11.1. The summed E-state index contributed by atoms with van der Waals surface area (Å²) in [5, 5.41) is 37.2. The third-order valence-electron chi connectivity index (χ3n) is 4.99. The number of aliphatic carboxylic acids is 1. The highest BCUT2D eigenvalue weighted by Gasteiger charge is 2.53. The van der Waals surface area contributed by atoms with Crippen LogP contribution in [-0.4, -0.2) is 44.6 Å². The molecule has 1 aliphatic carbocycles. The fraction of sp³-hybridized carbons (Fsp3) is 0.316. The SMILES string of the molecule is C[C@@]12C(=C(C#N)C(=N)N1c1ccccc1)C=C(O)C[C@H]2SC[C@H](N)C(=O)O. The second kappa shape index (κ2) is 7.10. The molecule has 27 heavy (non-hydrogen) atoms. The number of aliphatic hydroxyl groups excluding tert-OH is 1. The quantitative estimate of drug-likeness (QED) is 0.612. The molecule has 0 saturated heterocycles. The van der Waals surface area contributed by atoms with Gasteiger partial charge in [0.15, 0.2) is 0 Å². The van der Waals surface area contributed by atoms with Crippen molar-refractivity contribution in [3.63, 3.8) is 0 Å². The van der Waals surface area contributed by atoms with Crippen LogP contribution in [0, 0.1) is 16.7 Å². The van der Waals surface area contributed by atoms with Crippen LogP contribution in [0.1, 0.15) is 13.3 Å². The number of hydrogen-bond donors (Lipinski definition) is 4. The predicted octanol–water partition coefficient (Wildman–Crippen LogP) is 2.42. The first-order chi connectivity index (χ1) is 12.8. The van der Waals surface area contributed by atoms with Crippen molar-refractivity contribution in [1.82, 2.24) is 0 Å². The van der Waals surface area contributed by atoms with Crippen molar-refractivity contribution in [1.29, 1.82) is 10.7 Å². The van der Waals surface area contributed by atoms with Crippen molar-refractivity contribution >= 4 is 29.3 Å². The van der Waals surface area contributed by atoms with Gasteiger partial charge in [0.1, 0.15) is 23.5 Å². The molecule has 0 aromatic heterocycles. The summed E-state index contributed by atoms with van der Waals surface area (Å²) in [7, 11) is 0. The van der Waals surface area contributed by atoms with Crippen molar-refractivity contribution in [2.24, 2.45) is 5.73 Å². The van der Waals surface area contributed by atoms with Crippen LogP contribution >= 0.6 is 11.8 Å². The number of nitrogens with one attached hydrogen (secondary N) is 1. The van der Waals surface area contributed by atoms with Gasteiger partial charge in [0.2, 0.25) is 0 Å². The number of carboxylic acids is 1. The number of anilines is 1. The smallest absolute Gasteiger partial charge is 0.321 e. The lowest BCUT2D eigenvalue weighted by atomic mass is 9.81. The van der Waals surface area contributed by atoms with Gasteiger partial charge >= 0.3 is 5.97 Å². The van der Waals surface area contributed by atoms with E-state index in [1.54, 1.807) is 11.0 Å². The minimum Gasteiger partial charge on any atom is -0.512 e. The molecular formula is C19H20N4O3S. The number of amidine groups is 1. The van der Waals surface area contributed by atoms with E-state index < -0.39 is 17.6 Å². The van der Waals surface area contributed by atoms with Gasteiger partial charge in [-0.25, -0.2) is 0 Å². The van der Waals surface area contributed by atoms with Crippen molar-refractivity contribution in [3.8, 4) is 6.07 Å². The second-order valence-corrected chi connectivity index (χ2v) is 7.91. The molecule has 1 aromatic carbocycles. The molecule has 7 nitrogen and oxygen atoms in total. The molecule has 1 aliphatic heterocycles. The number of benzene rings is 1. The van der Waals surface area contributed by atoms with Gasteiger partial charge in [0.05, 0.1) is 11.3 Å². The summed E-state index contributed by atoms with van der Waals surface area (Å²) in [5.41, 5.74) is 6.42. The number of para-hydroxylation sites is 1. The van der Waals surface area contributed by atoms with E-state index in [4.69, 9.17) is 16.2 Å². The summed E-state index contributed by atoms with van der Waals surface area (Å²) in [4.78, 5) is 12.9. The fourth-order valence-electron chi connectivity index (χ4n) is 3.59. The Labute approximate surface area is 161 Å². The van der Waals surface area contributed by atoms with Crippen molar-refractivity contribution in [2.75, 3.05) is 10.7 Å². The van der Waals surface area contributed by atoms with E-state index in [9.17, 15) is 15.2 Å². The first kappa shape index (κ1) is 19.0. The van der Waals surface area contributed by atoms with E-state index >= 15 is 0 Å². The molecule has 0 amide bonds. The Kier molecular flexibility index (Phi) is 5.00. The average Bonchev–Trinajstić information content (AvgIpc) is 2.86. The van der Waals surface area contributed by atoms with Crippen molar-refractivity contribution in [2.45, 2.75) is 30.2 Å². The van der Waals surface area contributed by atoms with Gasteiger partial charge in [-0.15, -0.1) is 0 Å². The fourth-order valence-corrected chi connectivity index (χ4v) is 5.02. The van der Waals surface area contributed by atoms with Gasteiger partial charge in [-0.2, -0.15) is 17.0 Å². The van der Waals surface area contributed by atoms with Gasteiger partial charge in [0, 0.05) is 28.7 Å². The van der Waals surface area contributed by atoms with Crippen LogP contribution in [0.25, 0.3) is 0 Å². The zero-order valence-corrected chi connectivity index (χ0v) is 15.5. The van der Waals surface area contributed by atoms with Crippen LogP contribution in [0.5, 0.6) is 0 Å². The highest BCUT2D eigenvalue weighted by Crippen LogP contribution is 2.49. The zero-order valence-electron chi connectivity index (χ0n) is 14.7. The standard InChI is InChI=1S/C19H20N4O3S/c1-19-14(7-12(24)8-16(19)27-10-15(21)18(25)26)13(9-20)17(22)23(19)11-5-3-2-4-6-11/h2-7,15-16,22,24H,8,10,21H2,1H3,(H,25,26)/t15-,16+,19-/m0/s1. The Balaban J connectivity index is 2.08. The normalized spacial score (nSPS) is 25.7. The number of nitriles is 1. The van der Waals surface area contributed by atoms with E-state index in [0.29, 0.717) is 12.0 Å². The lowest BCUT2D eigenvalue weighted by molar-refractivity contribution is -0.137. The van der Waals surface area contributed by atoms with E-state index in [2.05, 4.69) is 6.07 Å². The van der Waals surface area contributed by atoms with Gasteiger partial charge in [-0.05, 0) is 25.1 Å². The summed E-state index contributed by atoms with van der Waals surface area (Å²) < 4.78 is 0. The number of nitrogens with zero attached hydrogens (tertiary/aromatic N) is 2. The monoisotopic (exact) mass is 384 g/mol. The molecule has 3 atom stereocenters. The molecule has 140 valence electrons. The van der Waals surface area contributed by atoms with Crippen LogP contribution in [0.15, 0.2) is 53.3 Å². The summed E-state index contributed by atoms with van der Waals surface area (Å²) in [6, 6.07) is 10.4. The summed E-state index contributed by atoms with van der Waals surface area (Å²) >= 11 is 1.34. The molecular weight excluding hydrogens is 364 g/mol. The molecule has 0 spiro atoms. The number of allylic oxidation sites excluding steroid dienone is 1. The number of carbonyl (C=O) groups is 1. The number of hydrogen-bond acceptors (Lipinski definition) is 6. The topological polar surface area (TPSA) is 134 Å². The number of fused-ring (bicyclic) bond motifs is 1. The number of aliphatic hydroxyl groups is 1. The number of nitrogens with two attached hydrogens (primary N) is 1. The van der Waals surface area contributed by atoms with E-state index in [1.807, 2.05) is 37.3 Å². The average molecular weight is 384 g/mol. The molecule has 5 N–H and O–H groups in total. The molecule has 1 aromatic rings. The molecule has 1 heterocycles. The first-order valence-electron chi connectivity index (χ1n) is 8.39. The molecule has 0 radical (unpaired) electrons. The predicted molar refractivity (Wildman–Crippen MR) is 105 cm³/mol.